The number of nitrogens with one attached hydrogen (secondary N) is 1. The Balaban J connectivity index is 2.20. The van der Waals surface area contributed by atoms with Gasteiger partial charge in [0.15, 0.2) is 0 Å². The fourth-order valence-electron chi connectivity index (χ4n) is 1.62. The molecular weight excluding hydrogens is 264 g/mol. The maximum Gasteiger partial charge on any atom is 0.241 e. The maximum absolute atomic E-state index is 12.1. The first-order valence-electron chi connectivity index (χ1n) is 5.71. The minimum Gasteiger partial charge on any atom is -0.508 e. The molecule has 1 heterocycles. The Morgan fingerprint density at radius 1 is 1.16 bits per heavy atom. The molecule has 2 aromatic rings. The van der Waals surface area contributed by atoms with Gasteiger partial charge in [-0.3, -0.25) is 4.98 Å². The number of nitrogens with zero attached hydrogens (tertiary/aromatic N) is 1. The summed E-state index contributed by atoms with van der Waals surface area (Å²) >= 11 is 0. The Bertz CT molecular complexity index is 639. The second-order valence-corrected chi connectivity index (χ2v) is 5.81. The van der Waals surface area contributed by atoms with Crippen LogP contribution in [0.1, 0.15) is 18.7 Å². The number of hydrogen-bond donors (Lipinski definition) is 2. The molecule has 2 N–H and O–H groups in total. The zero-order valence-electron chi connectivity index (χ0n) is 10.3. The third kappa shape index (κ3) is 3.30. The summed E-state index contributed by atoms with van der Waals surface area (Å²) in [4.78, 5) is 4.21. The second-order valence-electron chi connectivity index (χ2n) is 4.09. The number of pyridine rings is 1. The van der Waals surface area contributed by atoms with E-state index in [4.69, 9.17) is 5.11 Å². The van der Waals surface area contributed by atoms with Crippen LogP contribution in [-0.4, -0.2) is 18.5 Å². The van der Waals surface area contributed by atoms with Gasteiger partial charge >= 0.3 is 0 Å². The molecular formula is C13H14N2O3S. The van der Waals surface area contributed by atoms with Crippen LogP contribution in [0.2, 0.25) is 0 Å². The summed E-state index contributed by atoms with van der Waals surface area (Å²) in [7, 11) is -3.63. The van der Waals surface area contributed by atoms with Crippen molar-refractivity contribution in [1.29, 1.82) is 0 Å². The van der Waals surface area contributed by atoms with Crippen LogP contribution in [0.5, 0.6) is 5.75 Å². The Hall–Kier alpha value is -1.92. The molecule has 2 rings (SSSR count). The van der Waals surface area contributed by atoms with Crippen LogP contribution in [0.3, 0.4) is 0 Å². The predicted octanol–water partition coefficient (Wildman–Crippen LogP) is 1.83. The van der Waals surface area contributed by atoms with Gasteiger partial charge in [0.25, 0.3) is 0 Å². The van der Waals surface area contributed by atoms with E-state index in [1.165, 1.54) is 24.3 Å². The molecule has 0 fully saturated rings. The molecule has 0 saturated heterocycles. The van der Waals surface area contributed by atoms with E-state index in [-0.39, 0.29) is 10.6 Å². The Morgan fingerprint density at radius 2 is 1.84 bits per heavy atom. The molecule has 0 aliphatic rings. The molecule has 1 aromatic carbocycles. The highest BCUT2D eigenvalue weighted by Crippen LogP contribution is 2.17. The van der Waals surface area contributed by atoms with Gasteiger partial charge in [-0.15, -0.1) is 0 Å². The summed E-state index contributed by atoms with van der Waals surface area (Å²) in [5, 5.41) is 9.16. The average molecular weight is 278 g/mol. The lowest BCUT2D eigenvalue weighted by Crippen LogP contribution is -2.27. The number of sulfonamides is 1. The lowest BCUT2D eigenvalue weighted by molar-refractivity contribution is 0.474. The van der Waals surface area contributed by atoms with Crippen LogP contribution < -0.4 is 4.72 Å². The summed E-state index contributed by atoms with van der Waals surface area (Å²) in [6.07, 6.45) is 1.61. The number of rotatable bonds is 4. The molecule has 1 unspecified atom stereocenters. The quantitative estimate of drug-likeness (QED) is 0.894. The molecule has 5 nitrogen and oxygen atoms in total. The van der Waals surface area contributed by atoms with Gasteiger partial charge in [-0.2, -0.15) is 0 Å². The Kier molecular flexibility index (Phi) is 3.82. The molecule has 0 aliphatic heterocycles. The van der Waals surface area contributed by atoms with Gasteiger partial charge in [0.1, 0.15) is 5.75 Å². The van der Waals surface area contributed by atoms with Crippen molar-refractivity contribution in [2.45, 2.75) is 17.9 Å². The van der Waals surface area contributed by atoms with Gasteiger partial charge in [-0.05, 0) is 43.3 Å². The van der Waals surface area contributed by atoms with Crippen molar-refractivity contribution >= 4 is 10.0 Å². The smallest absolute Gasteiger partial charge is 0.241 e. The van der Waals surface area contributed by atoms with Crippen molar-refractivity contribution in [2.24, 2.45) is 0 Å². The highest BCUT2D eigenvalue weighted by molar-refractivity contribution is 7.89. The van der Waals surface area contributed by atoms with Crippen molar-refractivity contribution in [3.63, 3.8) is 0 Å². The maximum atomic E-state index is 12.1. The van der Waals surface area contributed by atoms with E-state index in [0.717, 1.165) is 0 Å². The minimum absolute atomic E-state index is 0.0247. The fourth-order valence-corrected chi connectivity index (χ4v) is 2.84. The first kappa shape index (κ1) is 13.5. The van der Waals surface area contributed by atoms with Gasteiger partial charge in [0.2, 0.25) is 10.0 Å². The average Bonchev–Trinajstić information content (AvgIpc) is 2.40. The molecule has 0 radical (unpaired) electrons. The molecule has 19 heavy (non-hydrogen) atoms. The first-order valence-corrected chi connectivity index (χ1v) is 7.19. The number of benzene rings is 1. The van der Waals surface area contributed by atoms with Crippen LogP contribution in [-0.2, 0) is 10.0 Å². The number of aromatic nitrogens is 1. The van der Waals surface area contributed by atoms with Crippen molar-refractivity contribution in [3.8, 4) is 5.75 Å². The lowest BCUT2D eigenvalue weighted by Gasteiger charge is -2.13. The highest BCUT2D eigenvalue weighted by atomic mass is 32.2. The van der Waals surface area contributed by atoms with Crippen LogP contribution in [0.15, 0.2) is 53.6 Å². The Morgan fingerprint density at radius 3 is 2.42 bits per heavy atom. The summed E-state index contributed by atoms with van der Waals surface area (Å²) in [5.74, 6) is 0.0247. The van der Waals surface area contributed by atoms with E-state index in [1.807, 2.05) is 0 Å². The third-order valence-corrected chi connectivity index (χ3v) is 4.17. The number of phenols is 1. The molecule has 100 valence electrons. The van der Waals surface area contributed by atoms with E-state index in [0.29, 0.717) is 5.69 Å². The van der Waals surface area contributed by atoms with Crippen LogP contribution in [0.4, 0.5) is 0 Å². The zero-order valence-corrected chi connectivity index (χ0v) is 11.1. The van der Waals surface area contributed by atoms with Crippen molar-refractivity contribution < 1.29 is 13.5 Å². The van der Waals surface area contributed by atoms with Crippen molar-refractivity contribution in [2.75, 3.05) is 0 Å². The fraction of sp³-hybridized carbons (Fsp3) is 0.154. The number of hydrogen-bond acceptors (Lipinski definition) is 4. The molecule has 0 spiro atoms. The highest BCUT2D eigenvalue weighted by Gasteiger charge is 2.18. The minimum atomic E-state index is -3.63. The standard InChI is InChI=1S/C13H14N2O3S/c1-10(13-4-2-3-9-14-13)15-19(17,18)12-7-5-11(16)6-8-12/h2-10,15-16H,1H3. The Labute approximate surface area is 112 Å². The van der Waals surface area contributed by atoms with Crippen LogP contribution in [0, 0.1) is 0 Å². The second kappa shape index (κ2) is 5.38. The summed E-state index contributed by atoms with van der Waals surface area (Å²) in [6.45, 7) is 1.72. The molecule has 6 heteroatoms. The van der Waals surface area contributed by atoms with Gasteiger partial charge in [-0.25, -0.2) is 13.1 Å². The van der Waals surface area contributed by atoms with Gasteiger partial charge in [0, 0.05) is 6.20 Å². The summed E-state index contributed by atoms with van der Waals surface area (Å²) in [6, 6.07) is 10.3. The van der Waals surface area contributed by atoms with E-state index < -0.39 is 16.1 Å². The molecule has 1 atom stereocenters. The van der Waals surface area contributed by atoms with Crippen molar-refractivity contribution in [3.05, 3.63) is 54.4 Å². The van der Waals surface area contributed by atoms with E-state index in [9.17, 15) is 8.42 Å². The number of aromatic hydroxyl groups is 1. The van der Waals surface area contributed by atoms with Gasteiger partial charge < -0.3 is 5.11 Å². The van der Waals surface area contributed by atoms with Crippen LogP contribution in [0.25, 0.3) is 0 Å². The van der Waals surface area contributed by atoms with E-state index >= 15 is 0 Å². The molecule has 0 aliphatic carbocycles. The normalized spacial score (nSPS) is 13.1. The lowest BCUT2D eigenvalue weighted by atomic mass is 10.2. The summed E-state index contributed by atoms with van der Waals surface area (Å²) < 4.78 is 26.7. The molecule has 0 amide bonds. The molecule has 1 aromatic heterocycles. The largest absolute Gasteiger partial charge is 0.508 e. The monoisotopic (exact) mass is 278 g/mol. The van der Waals surface area contributed by atoms with Crippen LogP contribution >= 0.6 is 0 Å². The third-order valence-electron chi connectivity index (χ3n) is 2.61. The first-order chi connectivity index (χ1) is 8.99. The van der Waals surface area contributed by atoms with E-state index in [1.54, 1.807) is 31.3 Å². The van der Waals surface area contributed by atoms with Crippen molar-refractivity contribution in [1.82, 2.24) is 9.71 Å². The zero-order chi connectivity index (χ0) is 13.9. The number of phenolic OH excluding ortho intramolecular Hbond substituents is 1. The van der Waals surface area contributed by atoms with Gasteiger partial charge in [0.05, 0.1) is 16.6 Å². The topological polar surface area (TPSA) is 79.3 Å². The van der Waals surface area contributed by atoms with Gasteiger partial charge in [-0.1, -0.05) is 6.07 Å². The summed E-state index contributed by atoms with van der Waals surface area (Å²) in [5.41, 5.74) is 0.643. The molecule has 0 bridgehead atoms. The molecule has 0 saturated carbocycles. The SMILES string of the molecule is CC(NS(=O)(=O)c1ccc(O)cc1)c1ccccn1. The predicted molar refractivity (Wildman–Crippen MR) is 71.1 cm³/mol. The van der Waals surface area contributed by atoms with E-state index in [2.05, 4.69) is 9.71 Å².